The second kappa shape index (κ2) is 6.38. The van der Waals surface area contributed by atoms with Crippen LogP contribution in [0.15, 0.2) is 27.7 Å². The number of fused-ring (bicyclic) bond motifs is 1. The molecule has 0 unspecified atom stereocenters. The normalized spacial score (nSPS) is 17.7. The van der Waals surface area contributed by atoms with Gasteiger partial charge in [-0.2, -0.15) is 4.31 Å². The Bertz CT molecular complexity index is 877. The van der Waals surface area contributed by atoms with Gasteiger partial charge < -0.3 is 5.32 Å². The first-order chi connectivity index (χ1) is 11.7. The highest BCUT2D eigenvalue weighted by molar-refractivity contribution is 7.89. The molecule has 2 heterocycles. The predicted octanol–water partition coefficient (Wildman–Crippen LogP) is 1.54. The van der Waals surface area contributed by atoms with Crippen LogP contribution in [-0.4, -0.2) is 47.6 Å². The van der Waals surface area contributed by atoms with E-state index in [1.165, 1.54) is 10.4 Å². The van der Waals surface area contributed by atoms with Crippen LogP contribution >= 0.6 is 0 Å². The number of benzene rings is 1. The summed E-state index contributed by atoms with van der Waals surface area (Å²) in [5.41, 5.74) is 0.339. The Morgan fingerprint density at radius 2 is 1.92 bits per heavy atom. The molecule has 1 fully saturated rings. The molecule has 9 heteroatoms. The zero-order valence-corrected chi connectivity index (χ0v) is 15.3. The van der Waals surface area contributed by atoms with Gasteiger partial charge >= 0.3 is 0 Å². The van der Waals surface area contributed by atoms with Crippen LogP contribution in [0.4, 0.5) is 0 Å². The molecule has 8 nitrogen and oxygen atoms in total. The van der Waals surface area contributed by atoms with Gasteiger partial charge in [0.1, 0.15) is 10.4 Å². The van der Waals surface area contributed by atoms with E-state index in [0.717, 1.165) is 0 Å². The number of carbonyl (C=O) groups excluding carboxylic acids is 1. The molecule has 1 amide bonds. The maximum absolute atomic E-state index is 12.9. The van der Waals surface area contributed by atoms with Gasteiger partial charge in [-0.05, 0) is 56.1 Å². The second-order valence-corrected chi connectivity index (χ2v) is 9.21. The molecule has 2 aromatic rings. The average Bonchev–Trinajstić information content (AvgIpc) is 3.01. The van der Waals surface area contributed by atoms with Crippen molar-refractivity contribution in [2.45, 2.75) is 44.0 Å². The molecule has 0 saturated carbocycles. The molecule has 1 aromatic carbocycles. The molecule has 0 atom stereocenters. The summed E-state index contributed by atoms with van der Waals surface area (Å²) in [6.07, 6.45) is 0.988. The monoisotopic (exact) mass is 366 g/mol. The second-order valence-electron chi connectivity index (χ2n) is 7.31. The van der Waals surface area contributed by atoms with Gasteiger partial charge in [0.15, 0.2) is 5.52 Å². The van der Waals surface area contributed by atoms with Gasteiger partial charge in [-0.3, -0.25) is 4.79 Å². The van der Waals surface area contributed by atoms with Crippen molar-refractivity contribution in [2.24, 2.45) is 5.92 Å². The van der Waals surface area contributed by atoms with Gasteiger partial charge in [0.05, 0.1) is 0 Å². The Labute approximate surface area is 146 Å². The van der Waals surface area contributed by atoms with Gasteiger partial charge in [-0.25, -0.2) is 13.0 Å². The smallest absolute Gasteiger partial charge is 0.245 e. The first-order valence-electron chi connectivity index (χ1n) is 8.22. The van der Waals surface area contributed by atoms with Gasteiger partial charge in [-0.1, -0.05) is 6.07 Å². The number of nitrogens with zero attached hydrogens (tertiary/aromatic N) is 3. The molecular weight excluding hydrogens is 344 g/mol. The minimum atomic E-state index is -3.70. The fourth-order valence-electron chi connectivity index (χ4n) is 2.96. The van der Waals surface area contributed by atoms with E-state index in [-0.39, 0.29) is 27.8 Å². The average molecular weight is 366 g/mol. The van der Waals surface area contributed by atoms with Crippen molar-refractivity contribution in [1.29, 1.82) is 0 Å². The fraction of sp³-hybridized carbons (Fsp3) is 0.562. The van der Waals surface area contributed by atoms with Crippen molar-refractivity contribution in [3.63, 3.8) is 0 Å². The number of piperidine rings is 1. The summed E-state index contributed by atoms with van der Waals surface area (Å²) in [6, 6.07) is 4.76. The van der Waals surface area contributed by atoms with E-state index in [0.29, 0.717) is 31.4 Å². The topological polar surface area (TPSA) is 105 Å². The van der Waals surface area contributed by atoms with Crippen LogP contribution in [0.5, 0.6) is 0 Å². The maximum Gasteiger partial charge on any atom is 0.245 e. The molecule has 0 bridgehead atoms. The Kier molecular flexibility index (Phi) is 4.54. The van der Waals surface area contributed by atoms with Crippen LogP contribution in [0.25, 0.3) is 11.0 Å². The lowest BCUT2D eigenvalue weighted by atomic mass is 9.96. The molecule has 1 aromatic heterocycles. The van der Waals surface area contributed by atoms with E-state index in [4.69, 9.17) is 0 Å². The number of rotatable bonds is 3. The van der Waals surface area contributed by atoms with Crippen molar-refractivity contribution in [3.05, 3.63) is 18.2 Å². The minimum absolute atomic E-state index is 0.0210. The summed E-state index contributed by atoms with van der Waals surface area (Å²) in [4.78, 5) is 12.4. The molecule has 1 N–H and O–H groups in total. The Morgan fingerprint density at radius 1 is 1.24 bits per heavy atom. The standard InChI is InChI=1S/C16H22N4O4S/c1-16(2,3)17-15(21)11-7-9-20(10-8-11)25(22,23)13-6-4-5-12-14(13)19-24-18-12/h4-6,11H,7-10H2,1-3H3,(H,17,21). The SMILES string of the molecule is CC(C)(C)NC(=O)C1CCN(S(=O)(=O)c2cccc3nonc23)CC1. The van der Waals surface area contributed by atoms with Crippen LogP contribution in [0.2, 0.25) is 0 Å². The lowest BCUT2D eigenvalue weighted by Gasteiger charge is -2.32. The zero-order chi connectivity index (χ0) is 18.2. The number of hydrogen-bond acceptors (Lipinski definition) is 6. The highest BCUT2D eigenvalue weighted by Gasteiger charge is 2.34. The predicted molar refractivity (Wildman–Crippen MR) is 91.2 cm³/mol. The van der Waals surface area contributed by atoms with E-state index in [2.05, 4.69) is 20.3 Å². The summed E-state index contributed by atoms with van der Waals surface area (Å²) in [6.45, 7) is 6.38. The van der Waals surface area contributed by atoms with Crippen LogP contribution in [0.1, 0.15) is 33.6 Å². The third-order valence-electron chi connectivity index (χ3n) is 4.19. The molecule has 3 rings (SSSR count). The van der Waals surface area contributed by atoms with Crippen LogP contribution < -0.4 is 5.32 Å². The Hall–Kier alpha value is -2.00. The third kappa shape index (κ3) is 3.67. The number of nitrogens with one attached hydrogen (secondary N) is 1. The van der Waals surface area contributed by atoms with Gasteiger partial charge in [0.2, 0.25) is 15.9 Å². The van der Waals surface area contributed by atoms with Gasteiger partial charge in [0, 0.05) is 24.5 Å². The van der Waals surface area contributed by atoms with E-state index < -0.39 is 10.0 Å². The van der Waals surface area contributed by atoms with E-state index in [1.807, 2.05) is 20.8 Å². The minimum Gasteiger partial charge on any atom is -0.351 e. The van der Waals surface area contributed by atoms with Crippen molar-refractivity contribution >= 4 is 27.0 Å². The van der Waals surface area contributed by atoms with Crippen molar-refractivity contribution in [2.75, 3.05) is 13.1 Å². The number of aromatic nitrogens is 2. The van der Waals surface area contributed by atoms with Gasteiger partial charge in [-0.15, -0.1) is 0 Å². The van der Waals surface area contributed by atoms with E-state index in [1.54, 1.807) is 12.1 Å². The number of amides is 1. The first kappa shape index (κ1) is 17.8. The molecule has 1 saturated heterocycles. The lowest BCUT2D eigenvalue weighted by molar-refractivity contribution is -0.127. The molecular formula is C16H22N4O4S. The third-order valence-corrected chi connectivity index (χ3v) is 6.12. The number of sulfonamides is 1. The maximum atomic E-state index is 12.9. The van der Waals surface area contributed by atoms with Crippen molar-refractivity contribution < 1.29 is 17.8 Å². The molecule has 0 spiro atoms. The molecule has 0 radical (unpaired) electrons. The zero-order valence-electron chi connectivity index (χ0n) is 14.5. The van der Waals surface area contributed by atoms with E-state index in [9.17, 15) is 13.2 Å². The highest BCUT2D eigenvalue weighted by Crippen LogP contribution is 2.27. The summed E-state index contributed by atoms with van der Waals surface area (Å²) in [5, 5.41) is 10.3. The highest BCUT2D eigenvalue weighted by atomic mass is 32.2. The number of hydrogen-bond donors (Lipinski definition) is 1. The number of carbonyl (C=O) groups is 1. The molecule has 1 aliphatic heterocycles. The summed E-state index contributed by atoms with van der Waals surface area (Å²) < 4.78 is 31.9. The fourth-order valence-corrected chi connectivity index (χ4v) is 4.57. The quantitative estimate of drug-likeness (QED) is 0.883. The summed E-state index contributed by atoms with van der Waals surface area (Å²) in [7, 11) is -3.70. The van der Waals surface area contributed by atoms with E-state index >= 15 is 0 Å². The Morgan fingerprint density at radius 3 is 2.56 bits per heavy atom. The summed E-state index contributed by atoms with van der Waals surface area (Å²) >= 11 is 0. The van der Waals surface area contributed by atoms with Crippen molar-refractivity contribution in [3.8, 4) is 0 Å². The molecule has 136 valence electrons. The van der Waals surface area contributed by atoms with Crippen LogP contribution in [-0.2, 0) is 14.8 Å². The lowest BCUT2D eigenvalue weighted by Crippen LogP contribution is -2.47. The van der Waals surface area contributed by atoms with Crippen LogP contribution in [0, 0.1) is 5.92 Å². The molecule has 0 aliphatic carbocycles. The van der Waals surface area contributed by atoms with Gasteiger partial charge in [0.25, 0.3) is 0 Å². The van der Waals surface area contributed by atoms with Crippen molar-refractivity contribution in [1.82, 2.24) is 19.9 Å². The molecule has 25 heavy (non-hydrogen) atoms. The Balaban J connectivity index is 1.74. The first-order valence-corrected chi connectivity index (χ1v) is 9.66. The largest absolute Gasteiger partial charge is 0.351 e. The summed E-state index contributed by atoms with van der Waals surface area (Å²) in [5.74, 6) is -0.192. The molecule has 1 aliphatic rings. The van der Waals surface area contributed by atoms with Crippen LogP contribution in [0.3, 0.4) is 0 Å².